The second kappa shape index (κ2) is 7.65. The summed E-state index contributed by atoms with van der Waals surface area (Å²) >= 11 is 0. The van der Waals surface area contributed by atoms with Gasteiger partial charge in [0.2, 0.25) is 10.0 Å². The fraction of sp³-hybridized carbons (Fsp3) is 0.650. The summed E-state index contributed by atoms with van der Waals surface area (Å²) in [5, 5.41) is 0. The largest absolute Gasteiger partial charge is 0.377 e. The van der Waals surface area contributed by atoms with Crippen LogP contribution in [0.25, 0.3) is 0 Å². The highest BCUT2D eigenvalue weighted by atomic mass is 32.2. The molecular formula is C20H29N3O4S. The Morgan fingerprint density at radius 3 is 2.61 bits per heavy atom. The number of piperazine rings is 1. The van der Waals surface area contributed by atoms with Crippen molar-refractivity contribution in [3.05, 3.63) is 29.3 Å². The Kier molecular flexibility index (Phi) is 5.37. The third-order valence-corrected chi connectivity index (χ3v) is 7.25. The van der Waals surface area contributed by atoms with Gasteiger partial charge in [0.1, 0.15) is 0 Å². The lowest BCUT2D eigenvalue weighted by Crippen LogP contribution is -2.50. The lowest BCUT2D eigenvalue weighted by atomic mass is 10.1. The fourth-order valence-electron chi connectivity index (χ4n) is 4.63. The molecule has 3 heterocycles. The van der Waals surface area contributed by atoms with E-state index < -0.39 is 10.0 Å². The van der Waals surface area contributed by atoms with Crippen LogP contribution in [0.5, 0.6) is 0 Å². The van der Waals surface area contributed by atoms with E-state index in [1.807, 2.05) is 17.9 Å². The van der Waals surface area contributed by atoms with Crippen molar-refractivity contribution in [3.8, 4) is 0 Å². The lowest BCUT2D eigenvalue weighted by Gasteiger charge is -2.35. The summed E-state index contributed by atoms with van der Waals surface area (Å²) in [5.74, 6) is 0.0324. The molecule has 1 aromatic carbocycles. The zero-order valence-electron chi connectivity index (χ0n) is 16.6. The predicted molar refractivity (Wildman–Crippen MR) is 108 cm³/mol. The van der Waals surface area contributed by atoms with Gasteiger partial charge in [0.25, 0.3) is 5.91 Å². The Morgan fingerprint density at radius 2 is 1.96 bits per heavy atom. The third kappa shape index (κ3) is 3.90. The third-order valence-electron chi connectivity index (χ3n) is 5.98. The van der Waals surface area contributed by atoms with E-state index in [0.29, 0.717) is 36.9 Å². The molecule has 3 aliphatic rings. The van der Waals surface area contributed by atoms with Crippen molar-refractivity contribution >= 4 is 21.6 Å². The first-order valence-corrected chi connectivity index (χ1v) is 11.9. The number of anilines is 1. The summed E-state index contributed by atoms with van der Waals surface area (Å²) in [6.45, 7) is 6.90. The maximum Gasteiger partial charge on any atom is 0.253 e. The molecule has 4 rings (SSSR count). The zero-order valence-corrected chi connectivity index (χ0v) is 17.5. The van der Waals surface area contributed by atoms with E-state index in [-0.39, 0.29) is 11.9 Å². The van der Waals surface area contributed by atoms with Gasteiger partial charge in [-0.15, -0.1) is 0 Å². The van der Waals surface area contributed by atoms with Crippen LogP contribution in [0.1, 0.15) is 35.7 Å². The summed E-state index contributed by atoms with van der Waals surface area (Å²) in [5.41, 5.74) is 2.28. The Labute approximate surface area is 167 Å². The van der Waals surface area contributed by atoms with E-state index in [1.54, 1.807) is 12.1 Å². The van der Waals surface area contributed by atoms with E-state index in [0.717, 1.165) is 44.6 Å². The van der Waals surface area contributed by atoms with Crippen LogP contribution in [0.15, 0.2) is 18.2 Å². The standard InChI is InChI=1S/C20H29N3O4S/c1-15-12-17-13-16(5-6-19(17)23(15)28(2,25)26)20(24)22-9-7-21(8-10-22)14-18-4-3-11-27-18/h5-6,13,15,18H,3-4,7-12,14H2,1-2H3. The monoisotopic (exact) mass is 407 g/mol. The highest BCUT2D eigenvalue weighted by molar-refractivity contribution is 7.92. The minimum Gasteiger partial charge on any atom is -0.377 e. The molecule has 0 aliphatic carbocycles. The maximum atomic E-state index is 13.0. The Morgan fingerprint density at radius 1 is 1.21 bits per heavy atom. The van der Waals surface area contributed by atoms with Crippen molar-refractivity contribution in [2.45, 2.75) is 38.3 Å². The van der Waals surface area contributed by atoms with Crippen molar-refractivity contribution in [1.29, 1.82) is 0 Å². The molecule has 1 aromatic rings. The Hall–Kier alpha value is -1.64. The predicted octanol–water partition coefficient (Wildman–Crippen LogP) is 1.33. The van der Waals surface area contributed by atoms with E-state index >= 15 is 0 Å². The maximum absolute atomic E-state index is 13.0. The topological polar surface area (TPSA) is 70.2 Å². The van der Waals surface area contributed by atoms with Gasteiger partial charge in [-0.25, -0.2) is 8.42 Å². The van der Waals surface area contributed by atoms with Gasteiger partial charge in [-0.2, -0.15) is 0 Å². The highest BCUT2D eigenvalue weighted by Gasteiger charge is 2.33. The van der Waals surface area contributed by atoms with E-state index in [4.69, 9.17) is 4.74 Å². The highest BCUT2D eigenvalue weighted by Crippen LogP contribution is 2.35. The molecule has 0 aromatic heterocycles. The molecule has 2 saturated heterocycles. The van der Waals surface area contributed by atoms with Crippen molar-refractivity contribution in [2.24, 2.45) is 0 Å². The quantitative estimate of drug-likeness (QED) is 0.753. The van der Waals surface area contributed by atoms with E-state index in [2.05, 4.69) is 4.90 Å². The molecule has 1 amide bonds. The molecule has 2 atom stereocenters. The number of hydrogen-bond acceptors (Lipinski definition) is 5. The van der Waals surface area contributed by atoms with Crippen molar-refractivity contribution in [1.82, 2.24) is 9.80 Å². The van der Waals surface area contributed by atoms with Gasteiger partial charge in [0.05, 0.1) is 18.0 Å². The Balaban J connectivity index is 1.40. The van der Waals surface area contributed by atoms with Gasteiger partial charge in [-0.1, -0.05) is 0 Å². The van der Waals surface area contributed by atoms with Gasteiger partial charge in [-0.05, 0) is 49.9 Å². The molecule has 2 fully saturated rings. The number of rotatable bonds is 4. The number of hydrogen-bond donors (Lipinski definition) is 0. The van der Waals surface area contributed by atoms with Gasteiger partial charge in [0.15, 0.2) is 0 Å². The van der Waals surface area contributed by atoms with Gasteiger partial charge >= 0.3 is 0 Å². The van der Waals surface area contributed by atoms with Crippen LogP contribution in [0.3, 0.4) is 0 Å². The SMILES string of the molecule is CC1Cc2cc(C(=O)N3CCN(CC4CCCO4)CC3)ccc2N1S(C)(=O)=O. The average molecular weight is 408 g/mol. The number of carbonyl (C=O) groups excluding carboxylic acids is 1. The molecule has 154 valence electrons. The molecule has 0 bridgehead atoms. The number of sulfonamides is 1. The summed E-state index contributed by atoms with van der Waals surface area (Å²) in [4.78, 5) is 17.2. The second-order valence-electron chi connectivity index (χ2n) is 8.18. The fourth-order valence-corrected chi connectivity index (χ4v) is 5.90. The number of benzene rings is 1. The summed E-state index contributed by atoms with van der Waals surface area (Å²) < 4.78 is 31.3. The number of nitrogens with zero attached hydrogens (tertiary/aromatic N) is 3. The number of carbonyl (C=O) groups is 1. The normalized spacial score (nSPS) is 25.9. The smallest absolute Gasteiger partial charge is 0.253 e. The van der Waals surface area contributed by atoms with Crippen molar-refractivity contribution in [2.75, 3.05) is 49.9 Å². The first-order valence-electron chi connectivity index (χ1n) is 10.1. The minimum absolute atomic E-state index is 0.0324. The first kappa shape index (κ1) is 19.7. The number of fused-ring (bicyclic) bond motifs is 1. The molecule has 0 radical (unpaired) electrons. The van der Waals surface area contributed by atoms with Crippen LogP contribution in [-0.2, 0) is 21.2 Å². The minimum atomic E-state index is -3.31. The second-order valence-corrected chi connectivity index (χ2v) is 10.0. The van der Waals surface area contributed by atoms with Crippen LogP contribution in [0.2, 0.25) is 0 Å². The molecule has 0 N–H and O–H groups in total. The molecule has 8 heteroatoms. The van der Waals surface area contributed by atoms with Crippen LogP contribution >= 0.6 is 0 Å². The number of amides is 1. The average Bonchev–Trinajstić information content (AvgIpc) is 3.27. The van der Waals surface area contributed by atoms with Gasteiger partial charge in [-0.3, -0.25) is 14.0 Å². The number of ether oxygens (including phenoxy) is 1. The van der Waals surface area contributed by atoms with Crippen LogP contribution in [0.4, 0.5) is 5.69 Å². The van der Waals surface area contributed by atoms with Gasteiger partial charge < -0.3 is 9.64 Å². The van der Waals surface area contributed by atoms with Gasteiger partial charge in [0, 0.05) is 50.9 Å². The molecule has 0 spiro atoms. The summed E-state index contributed by atoms with van der Waals surface area (Å²) in [6.07, 6.45) is 4.50. The molecule has 2 unspecified atom stereocenters. The Bertz CT molecular complexity index is 843. The van der Waals surface area contributed by atoms with E-state index in [9.17, 15) is 13.2 Å². The zero-order chi connectivity index (χ0) is 19.9. The van der Waals surface area contributed by atoms with Crippen molar-refractivity contribution in [3.63, 3.8) is 0 Å². The molecule has 3 aliphatic heterocycles. The lowest BCUT2D eigenvalue weighted by molar-refractivity contribution is 0.0432. The molecule has 0 saturated carbocycles. The van der Waals surface area contributed by atoms with Crippen LogP contribution in [-0.4, -0.2) is 81.9 Å². The molecule has 7 nitrogen and oxygen atoms in total. The van der Waals surface area contributed by atoms with Crippen LogP contribution in [0, 0.1) is 0 Å². The summed E-state index contributed by atoms with van der Waals surface area (Å²) in [7, 11) is -3.31. The molecule has 28 heavy (non-hydrogen) atoms. The first-order chi connectivity index (χ1) is 13.3. The van der Waals surface area contributed by atoms with Crippen LogP contribution < -0.4 is 4.31 Å². The van der Waals surface area contributed by atoms with E-state index in [1.165, 1.54) is 10.6 Å². The molecular weight excluding hydrogens is 378 g/mol. The summed E-state index contributed by atoms with van der Waals surface area (Å²) in [6, 6.07) is 5.30. The van der Waals surface area contributed by atoms with Crippen molar-refractivity contribution < 1.29 is 17.9 Å².